The third-order valence-corrected chi connectivity index (χ3v) is 6.02. The Hall–Kier alpha value is -2.75. The van der Waals surface area contributed by atoms with Crippen molar-refractivity contribution in [3.05, 3.63) is 69.7 Å². The maximum Gasteiger partial charge on any atom is 0.237 e. The smallest absolute Gasteiger partial charge is 0.237 e. The Morgan fingerprint density at radius 2 is 2.00 bits per heavy atom. The number of ether oxygens (including phenoxy) is 1. The molecule has 0 atom stereocenters. The molecule has 3 aromatic rings. The van der Waals surface area contributed by atoms with Crippen LogP contribution < -0.4 is 4.72 Å². The van der Waals surface area contributed by atoms with Crippen LogP contribution in [0.5, 0.6) is 0 Å². The number of fused-ring (bicyclic) bond motifs is 1. The highest BCUT2D eigenvalue weighted by molar-refractivity contribution is 8.00. The molecule has 3 heterocycles. The van der Waals surface area contributed by atoms with Gasteiger partial charge in [0.15, 0.2) is 0 Å². The second-order valence-electron chi connectivity index (χ2n) is 7.65. The van der Waals surface area contributed by atoms with Crippen LogP contribution in [0.1, 0.15) is 53.1 Å². The van der Waals surface area contributed by atoms with Crippen molar-refractivity contribution >= 4 is 17.8 Å². The number of hydrogen-bond acceptors (Lipinski definition) is 6. The average Bonchev–Trinajstić information content (AvgIpc) is 3.17. The standard InChI is InChI=1S/C23H23N3O2S/c1-14-11-18-13-27-23(4,5)19(18)12-17(14)8-9-20-21(7-6-10-24-20)29-26-22-15(2)16(3)25-28-22/h6-7,10-12,26H,13H2,1-5H3. The van der Waals surface area contributed by atoms with Gasteiger partial charge in [-0.05, 0) is 87.4 Å². The van der Waals surface area contributed by atoms with Crippen LogP contribution in [0.2, 0.25) is 0 Å². The van der Waals surface area contributed by atoms with Crippen molar-refractivity contribution in [3.63, 3.8) is 0 Å². The van der Waals surface area contributed by atoms with Crippen LogP contribution in [-0.2, 0) is 16.9 Å². The Labute approximate surface area is 175 Å². The summed E-state index contributed by atoms with van der Waals surface area (Å²) in [6.07, 6.45) is 1.75. The molecule has 2 aromatic heterocycles. The lowest BCUT2D eigenvalue weighted by Crippen LogP contribution is -2.14. The molecule has 0 radical (unpaired) electrons. The van der Waals surface area contributed by atoms with E-state index in [-0.39, 0.29) is 5.60 Å². The van der Waals surface area contributed by atoms with Gasteiger partial charge in [-0.1, -0.05) is 17.1 Å². The number of anilines is 1. The van der Waals surface area contributed by atoms with Gasteiger partial charge in [-0.3, -0.25) is 4.72 Å². The SMILES string of the molecule is Cc1cc2c(cc1C#Cc1ncccc1SNc1onc(C)c1C)C(C)(C)OC2. The maximum absolute atomic E-state index is 5.90. The van der Waals surface area contributed by atoms with Crippen LogP contribution in [0.4, 0.5) is 5.88 Å². The second kappa shape index (κ2) is 7.58. The minimum absolute atomic E-state index is 0.275. The summed E-state index contributed by atoms with van der Waals surface area (Å²) in [6.45, 7) is 10.8. The van der Waals surface area contributed by atoms with Crippen molar-refractivity contribution in [1.29, 1.82) is 0 Å². The molecule has 0 unspecified atom stereocenters. The van der Waals surface area contributed by atoms with Crippen molar-refractivity contribution in [2.75, 3.05) is 4.72 Å². The highest BCUT2D eigenvalue weighted by Gasteiger charge is 2.31. The van der Waals surface area contributed by atoms with Crippen LogP contribution in [-0.4, -0.2) is 10.1 Å². The molecule has 4 rings (SSSR count). The lowest BCUT2D eigenvalue weighted by atomic mass is 9.92. The van der Waals surface area contributed by atoms with Crippen molar-refractivity contribution in [2.45, 2.75) is 51.7 Å². The summed E-state index contributed by atoms with van der Waals surface area (Å²) in [5, 5.41) is 3.97. The molecule has 1 aromatic carbocycles. The Morgan fingerprint density at radius 1 is 1.17 bits per heavy atom. The number of aromatic nitrogens is 2. The van der Waals surface area contributed by atoms with Crippen LogP contribution >= 0.6 is 11.9 Å². The fourth-order valence-electron chi connectivity index (χ4n) is 3.22. The first-order valence-electron chi connectivity index (χ1n) is 9.46. The molecule has 148 valence electrons. The first-order valence-corrected chi connectivity index (χ1v) is 10.3. The van der Waals surface area contributed by atoms with Crippen LogP contribution in [0.3, 0.4) is 0 Å². The predicted molar refractivity (Wildman–Crippen MR) is 115 cm³/mol. The normalized spacial score (nSPS) is 14.2. The topological polar surface area (TPSA) is 60.2 Å². The Balaban J connectivity index is 1.61. The van der Waals surface area contributed by atoms with Gasteiger partial charge in [-0.2, -0.15) is 0 Å². The number of pyridine rings is 1. The summed E-state index contributed by atoms with van der Waals surface area (Å²) in [5.74, 6) is 7.19. The molecule has 0 saturated heterocycles. The molecule has 0 amide bonds. The minimum Gasteiger partial charge on any atom is -0.366 e. The average molecular weight is 406 g/mol. The van der Waals surface area contributed by atoms with E-state index < -0.39 is 0 Å². The summed E-state index contributed by atoms with van der Waals surface area (Å²) >= 11 is 1.42. The molecule has 5 nitrogen and oxygen atoms in total. The fraction of sp³-hybridized carbons (Fsp3) is 0.304. The summed E-state index contributed by atoms with van der Waals surface area (Å²) in [5.41, 5.74) is 6.91. The van der Waals surface area contributed by atoms with Crippen molar-refractivity contribution < 1.29 is 9.26 Å². The Morgan fingerprint density at radius 3 is 2.76 bits per heavy atom. The molecule has 0 bridgehead atoms. The van der Waals surface area contributed by atoms with E-state index in [9.17, 15) is 0 Å². The highest BCUT2D eigenvalue weighted by atomic mass is 32.2. The molecular formula is C23H23N3O2S. The Bertz CT molecular complexity index is 1140. The summed E-state index contributed by atoms with van der Waals surface area (Å²) < 4.78 is 14.4. The van der Waals surface area contributed by atoms with Crippen LogP contribution in [0.15, 0.2) is 39.9 Å². The number of hydrogen-bond donors (Lipinski definition) is 1. The number of benzene rings is 1. The van der Waals surface area contributed by atoms with Crippen LogP contribution in [0.25, 0.3) is 0 Å². The summed E-state index contributed by atoms with van der Waals surface area (Å²) in [6, 6.07) is 8.21. The second-order valence-corrected chi connectivity index (χ2v) is 8.50. The van der Waals surface area contributed by atoms with Crippen LogP contribution in [0, 0.1) is 32.6 Å². The molecule has 0 spiro atoms. The van der Waals surface area contributed by atoms with E-state index in [1.54, 1.807) is 6.20 Å². The summed E-state index contributed by atoms with van der Waals surface area (Å²) in [7, 11) is 0. The molecule has 1 aliphatic rings. The van der Waals surface area contributed by atoms with Gasteiger partial charge >= 0.3 is 0 Å². The lowest BCUT2D eigenvalue weighted by molar-refractivity contribution is -0.00790. The van der Waals surface area contributed by atoms with E-state index in [0.29, 0.717) is 18.2 Å². The third kappa shape index (κ3) is 3.89. The monoisotopic (exact) mass is 405 g/mol. The first-order chi connectivity index (χ1) is 13.8. The van der Waals surface area contributed by atoms with Gasteiger partial charge in [0.1, 0.15) is 5.69 Å². The lowest BCUT2D eigenvalue weighted by Gasteiger charge is -2.18. The number of nitrogens with zero attached hydrogens (tertiary/aromatic N) is 2. The zero-order valence-corrected chi connectivity index (χ0v) is 18.0. The highest BCUT2D eigenvalue weighted by Crippen LogP contribution is 2.37. The molecule has 0 saturated carbocycles. The molecular weight excluding hydrogens is 382 g/mol. The Kier molecular flexibility index (Phi) is 5.12. The van der Waals surface area contributed by atoms with E-state index in [2.05, 4.69) is 59.6 Å². The van der Waals surface area contributed by atoms with E-state index in [0.717, 1.165) is 27.3 Å². The zero-order valence-electron chi connectivity index (χ0n) is 17.2. The molecule has 1 aliphatic heterocycles. The van der Waals surface area contributed by atoms with E-state index in [1.807, 2.05) is 26.0 Å². The third-order valence-electron chi connectivity index (χ3n) is 5.18. The quantitative estimate of drug-likeness (QED) is 0.473. The van der Waals surface area contributed by atoms with E-state index in [4.69, 9.17) is 9.26 Å². The maximum atomic E-state index is 5.90. The molecule has 0 fully saturated rings. The van der Waals surface area contributed by atoms with Gasteiger partial charge in [-0.15, -0.1) is 0 Å². The largest absolute Gasteiger partial charge is 0.366 e. The van der Waals surface area contributed by atoms with Gasteiger partial charge in [0, 0.05) is 17.3 Å². The molecule has 1 N–H and O–H groups in total. The zero-order chi connectivity index (χ0) is 20.6. The first kappa shape index (κ1) is 19.6. The number of rotatable bonds is 3. The van der Waals surface area contributed by atoms with Gasteiger partial charge < -0.3 is 9.26 Å². The van der Waals surface area contributed by atoms with Gasteiger partial charge in [0.05, 0.1) is 22.8 Å². The minimum atomic E-state index is -0.275. The van der Waals surface area contributed by atoms with Gasteiger partial charge in [-0.25, -0.2) is 4.98 Å². The predicted octanol–water partition coefficient (Wildman–Crippen LogP) is 5.28. The molecule has 0 aliphatic carbocycles. The van der Waals surface area contributed by atoms with Gasteiger partial charge in [0.2, 0.25) is 5.88 Å². The van der Waals surface area contributed by atoms with Crippen molar-refractivity contribution in [3.8, 4) is 11.8 Å². The van der Waals surface area contributed by atoms with Crippen molar-refractivity contribution in [1.82, 2.24) is 10.1 Å². The molecule has 6 heteroatoms. The van der Waals surface area contributed by atoms with Crippen molar-refractivity contribution in [2.24, 2.45) is 0 Å². The summed E-state index contributed by atoms with van der Waals surface area (Å²) in [4.78, 5) is 5.39. The van der Waals surface area contributed by atoms with E-state index >= 15 is 0 Å². The fourth-order valence-corrected chi connectivity index (χ4v) is 3.96. The van der Waals surface area contributed by atoms with Gasteiger partial charge in [0.25, 0.3) is 0 Å². The number of nitrogens with one attached hydrogen (secondary N) is 1. The van der Waals surface area contributed by atoms with E-state index in [1.165, 1.54) is 23.1 Å². The number of aryl methyl sites for hydroxylation is 2. The molecule has 29 heavy (non-hydrogen) atoms.